The Bertz CT molecular complexity index is 1400. The van der Waals surface area contributed by atoms with Crippen molar-refractivity contribution in [2.24, 2.45) is 10.4 Å². The minimum atomic E-state index is -0.458. The Balaban J connectivity index is 1.84. The normalized spacial score (nSPS) is 21.7. The van der Waals surface area contributed by atoms with Crippen LogP contribution in [-0.2, 0) is 6.42 Å². The molecule has 0 N–H and O–H groups in total. The molecule has 0 fully saturated rings. The first-order valence-corrected chi connectivity index (χ1v) is 13.6. The van der Waals surface area contributed by atoms with Gasteiger partial charge >= 0.3 is 0 Å². The van der Waals surface area contributed by atoms with Crippen molar-refractivity contribution in [1.29, 1.82) is 0 Å². The third kappa shape index (κ3) is 4.90. The second-order valence-electron chi connectivity index (χ2n) is 11.0. The number of aryl methyl sites for hydroxylation is 2. The minimum absolute atomic E-state index is 0.262. The molecule has 1 aliphatic heterocycles. The zero-order valence-corrected chi connectivity index (χ0v) is 23.8. The molecule has 1 aromatic heterocycles. The van der Waals surface area contributed by atoms with Gasteiger partial charge in [-0.05, 0) is 81.8 Å². The summed E-state index contributed by atoms with van der Waals surface area (Å²) in [6.45, 7) is 22.2. The average molecular weight is 505 g/mol. The number of anilines is 1. The molecule has 38 heavy (non-hydrogen) atoms. The molecular weight excluding hydrogens is 462 g/mol. The molecule has 0 amide bonds. The Hall–Kier alpha value is -3.72. The molecule has 3 heteroatoms. The van der Waals surface area contributed by atoms with Gasteiger partial charge in [0.1, 0.15) is 0 Å². The maximum Gasteiger partial charge on any atom is 0.218 e. The highest BCUT2D eigenvalue weighted by Gasteiger charge is 2.48. The highest BCUT2D eigenvalue weighted by atomic mass is 15.1. The van der Waals surface area contributed by atoms with Gasteiger partial charge in [-0.15, -0.1) is 0 Å². The summed E-state index contributed by atoms with van der Waals surface area (Å²) in [6, 6.07) is 23.6. The zero-order chi connectivity index (χ0) is 27.5. The molecule has 2 aromatic carbocycles. The van der Waals surface area contributed by atoms with Crippen LogP contribution >= 0.6 is 0 Å². The quantitative estimate of drug-likeness (QED) is 0.188. The van der Waals surface area contributed by atoms with E-state index in [0.717, 1.165) is 30.7 Å². The fourth-order valence-electron chi connectivity index (χ4n) is 6.04. The number of aliphatic imine (C=N–C) groups is 1. The highest BCUT2D eigenvalue weighted by molar-refractivity contribution is 5.63. The predicted octanol–water partition coefficient (Wildman–Crippen LogP) is 8.21. The lowest BCUT2D eigenvalue weighted by molar-refractivity contribution is -0.571. The smallest absolute Gasteiger partial charge is 0.218 e. The number of pyridine rings is 1. The van der Waals surface area contributed by atoms with Crippen LogP contribution < -0.4 is 9.47 Å². The maximum absolute atomic E-state index is 4.87. The Labute approximate surface area is 229 Å². The summed E-state index contributed by atoms with van der Waals surface area (Å²) >= 11 is 0. The summed E-state index contributed by atoms with van der Waals surface area (Å²) in [6.07, 6.45) is 7.90. The van der Waals surface area contributed by atoms with Crippen molar-refractivity contribution in [2.75, 3.05) is 11.9 Å². The van der Waals surface area contributed by atoms with Gasteiger partial charge in [0.15, 0.2) is 11.9 Å². The summed E-state index contributed by atoms with van der Waals surface area (Å²) < 4.78 is 2.23. The van der Waals surface area contributed by atoms with Gasteiger partial charge in [-0.2, -0.15) is 4.57 Å². The van der Waals surface area contributed by atoms with E-state index in [2.05, 4.69) is 143 Å². The molecule has 4 rings (SSSR count). The topological polar surface area (TPSA) is 19.5 Å². The lowest BCUT2D eigenvalue weighted by Crippen LogP contribution is -2.48. The first-order chi connectivity index (χ1) is 18.1. The second-order valence-corrected chi connectivity index (χ2v) is 11.0. The van der Waals surface area contributed by atoms with Crippen molar-refractivity contribution < 1.29 is 4.57 Å². The first-order valence-electron chi connectivity index (χ1n) is 13.6. The Morgan fingerprint density at radius 2 is 1.74 bits per heavy atom. The van der Waals surface area contributed by atoms with Crippen LogP contribution in [0, 0.1) is 12.3 Å². The highest BCUT2D eigenvalue weighted by Crippen LogP contribution is 2.50. The number of allylic oxidation sites excluding steroid dienone is 1. The van der Waals surface area contributed by atoms with Gasteiger partial charge in [-0.25, -0.2) is 0 Å². The minimum Gasteiger partial charge on any atom is -0.345 e. The van der Waals surface area contributed by atoms with E-state index in [1.54, 1.807) is 0 Å². The molecule has 0 saturated carbocycles. The molecule has 3 aromatic rings. The molecule has 0 radical (unpaired) electrons. The summed E-state index contributed by atoms with van der Waals surface area (Å²) in [5.74, 6) is 0. The van der Waals surface area contributed by atoms with Crippen LogP contribution in [0.5, 0.6) is 0 Å². The summed E-state index contributed by atoms with van der Waals surface area (Å²) in [5, 5.41) is 0. The number of para-hydroxylation sites is 1. The van der Waals surface area contributed by atoms with E-state index in [1.165, 1.54) is 33.6 Å². The molecule has 2 heterocycles. The molecular formula is C35H42N3+. The fourth-order valence-corrected chi connectivity index (χ4v) is 6.04. The third-order valence-electron chi connectivity index (χ3n) is 8.81. The monoisotopic (exact) mass is 504 g/mol. The molecule has 196 valence electrons. The summed E-state index contributed by atoms with van der Waals surface area (Å²) in [4.78, 5) is 7.06. The fraction of sp³-hybridized carbons (Fsp3) is 0.314. The van der Waals surface area contributed by atoms with Gasteiger partial charge < -0.3 is 4.90 Å². The second kappa shape index (κ2) is 10.9. The van der Waals surface area contributed by atoms with Gasteiger partial charge in [0.2, 0.25) is 5.69 Å². The van der Waals surface area contributed by atoms with E-state index in [4.69, 9.17) is 4.99 Å². The predicted molar refractivity (Wildman–Crippen MR) is 163 cm³/mol. The van der Waals surface area contributed by atoms with Crippen LogP contribution in [0.15, 0.2) is 108 Å². The Morgan fingerprint density at radius 3 is 2.45 bits per heavy atom. The van der Waals surface area contributed by atoms with Crippen molar-refractivity contribution in [3.63, 3.8) is 0 Å². The van der Waals surface area contributed by atoms with Gasteiger partial charge in [-0.3, -0.25) is 4.99 Å². The van der Waals surface area contributed by atoms with E-state index in [-0.39, 0.29) is 5.41 Å². The van der Waals surface area contributed by atoms with E-state index in [9.17, 15) is 0 Å². The number of hydrogen-bond donors (Lipinski definition) is 0. The number of fused-ring (bicyclic) bond motifs is 3. The van der Waals surface area contributed by atoms with Crippen molar-refractivity contribution in [2.45, 2.75) is 58.9 Å². The van der Waals surface area contributed by atoms with Crippen LogP contribution in [0.3, 0.4) is 0 Å². The number of likely N-dealkylation sites (N-methyl/N-ethyl adjacent to an activating group) is 1. The van der Waals surface area contributed by atoms with E-state index in [1.807, 2.05) is 0 Å². The number of aromatic nitrogens is 1. The van der Waals surface area contributed by atoms with E-state index in [0.29, 0.717) is 6.42 Å². The lowest BCUT2D eigenvalue weighted by atomic mass is 9.61. The lowest BCUT2D eigenvalue weighted by Gasteiger charge is -2.46. The molecule has 0 aliphatic carbocycles. The Morgan fingerprint density at radius 1 is 1.05 bits per heavy atom. The first kappa shape index (κ1) is 27.3. The third-order valence-corrected chi connectivity index (χ3v) is 8.81. The number of hydrogen-bond acceptors (Lipinski definition) is 2. The van der Waals surface area contributed by atoms with E-state index < -0.39 is 5.54 Å². The summed E-state index contributed by atoms with van der Waals surface area (Å²) in [5.41, 5.74) is 8.77. The number of benzene rings is 2. The standard InChI is InChI=1S/C35H42N3/c1-9-30(24-27(3)37(8)32-19-13-10-16-26(32)2)34(5)22-21-29-17-11-12-18-31(29)33-20-14-15-23-38(33)28(4)25-35(34,6)36-7/h10-20,23-24H,3-4,7,9,21-22,25H2,1-2,5-6,8H3/q+1/b30-24+. The van der Waals surface area contributed by atoms with E-state index >= 15 is 0 Å². The molecule has 0 spiro atoms. The van der Waals surface area contributed by atoms with Crippen molar-refractivity contribution in [1.82, 2.24) is 0 Å². The average Bonchev–Trinajstić information content (AvgIpc) is 2.93. The maximum atomic E-state index is 4.87. The zero-order valence-electron chi connectivity index (χ0n) is 23.8. The molecule has 3 nitrogen and oxygen atoms in total. The van der Waals surface area contributed by atoms with Gasteiger partial charge in [0, 0.05) is 41.5 Å². The molecule has 0 bridgehead atoms. The van der Waals surface area contributed by atoms with Crippen LogP contribution in [0.2, 0.25) is 0 Å². The SMILES string of the molecule is C=NC1(C)CC(=C)[n+]2ccccc2-c2ccccc2CCC1(C)/C(=C/C(=C)N(C)c1ccccc1C)CC. The van der Waals surface area contributed by atoms with Crippen LogP contribution in [0.4, 0.5) is 5.69 Å². The van der Waals surface area contributed by atoms with Crippen LogP contribution in [0.1, 0.15) is 51.2 Å². The van der Waals surface area contributed by atoms with Crippen molar-refractivity contribution in [3.8, 4) is 11.3 Å². The molecule has 2 atom stereocenters. The van der Waals surface area contributed by atoms with Crippen molar-refractivity contribution in [3.05, 3.63) is 115 Å². The largest absolute Gasteiger partial charge is 0.345 e. The molecule has 2 unspecified atom stereocenters. The summed E-state index contributed by atoms with van der Waals surface area (Å²) in [7, 11) is 2.10. The molecule has 1 aliphatic rings. The van der Waals surface area contributed by atoms with Gasteiger partial charge in [-0.1, -0.05) is 62.4 Å². The number of nitrogens with zero attached hydrogens (tertiary/aromatic N) is 3. The van der Waals surface area contributed by atoms with Crippen LogP contribution in [-0.4, -0.2) is 19.3 Å². The van der Waals surface area contributed by atoms with Crippen LogP contribution in [0.25, 0.3) is 17.0 Å². The van der Waals surface area contributed by atoms with Crippen molar-refractivity contribution >= 4 is 18.1 Å². The van der Waals surface area contributed by atoms with Gasteiger partial charge in [0.05, 0.1) is 12.0 Å². The molecule has 0 saturated heterocycles. The number of rotatable bonds is 6. The Kier molecular flexibility index (Phi) is 7.87. The van der Waals surface area contributed by atoms with Gasteiger partial charge in [0.25, 0.3) is 0 Å².